The molecule has 5 nitrogen and oxygen atoms in total. The number of anilines is 1. The van der Waals surface area contributed by atoms with E-state index in [1.807, 2.05) is 25.1 Å². The number of hydrogen-bond acceptors (Lipinski definition) is 4. The summed E-state index contributed by atoms with van der Waals surface area (Å²) in [4.78, 5) is 14.6. The van der Waals surface area contributed by atoms with E-state index in [1.165, 1.54) is 13.2 Å². The summed E-state index contributed by atoms with van der Waals surface area (Å²) in [5, 5.41) is 3.32. The summed E-state index contributed by atoms with van der Waals surface area (Å²) in [7, 11) is 1.38. The van der Waals surface area contributed by atoms with Crippen LogP contribution in [0.1, 0.15) is 35.4 Å². The number of carbonyl (C=O) groups is 1. The van der Waals surface area contributed by atoms with Crippen molar-refractivity contribution in [3.8, 4) is 11.5 Å². The lowest BCUT2D eigenvalue weighted by Gasteiger charge is -2.38. The van der Waals surface area contributed by atoms with Gasteiger partial charge in [-0.05, 0) is 36.2 Å². The number of fused-ring (bicyclic) bond motifs is 1. The highest BCUT2D eigenvalue weighted by molar-refractivity contribution is 6.01. The van der Waals surface area contributed by atoms with E-state index < -0.39 is 12.8 Å². The molecule has 2 aromatic carbocycles. The zero-order chi connectivity index (χ0) is 18.7. The lowest BCUT2D eigenvalue weighted by Crippen LogP contribution is -2.43. The molecule has 0 fully saturated rings. The summed E-state index contributed by atoms with van der Waals surface area (Å²) in [6.07, 6.45) is 0.283. The number of ether oxygens (including phenoxy) is 2. The molecule has 1 aliphatic heterocycles. The van der Waals surface area contributed by atoms with E-state index in [9.17, 15) is 13.6 Å². The van der Waals surface area contributed by atoms with Crippen LogP contribution in [-0.4, -0.2) is 31.1 Å². The van der Waals surface area contributed by atoms with Gasteiger partial charge in [-0.25, -0.2) is 0 Å². The van der Waals surface area contributed by atoms with Crippen LogP contribution in [0.4, 0.5) is 14.5 Å². The van der Waals surface area contributed by atoms with Gasteiger partial charge >= 0.3 is 6.61 Å². The van der Waals surface area contributed by atoms with Gasteiger partial charge < -0.3 is 19.7 Å². The van der Waals surface area contributed by atoms with Crippen LogP contribution in [0.2, 0.25) is 0 Å². The van der Waals surface area contributed by atoms with E-state index in [-0.39, 0.29) is 17.4 Å². The number of rotatable bonds is 6. The largest absolute Gasteiger partial charge is 0.493 e. The quantitative estimate of drug-likeness (QED) is 0.834. The highest BCUT2D eigenvalue weighted by Crippen LogP contribution is 2.37. The fraction of sp³-hybridized carbons (Fsp3) is 0.316. The van der Waals surface area contributed by atoms with E-state index in [0.717, 1.165) is 6.42 Å². The van der Waals surface area contributed by atoms with Crippen molar-refractivity contribution in [2.45, 2.75) is 26.1 Å². The maximum atomic E-state index is 12.9. The average Bonchev–Trinajstić information content (AvgIpc) is 2.63. The Morgan fingerprint density at radius 3 is 2.65 bits per heavy atom. The van der Waals surface area contributed by atoms with Gasteiger partial charge in [-0.15, -0.1) is 0 Å². The SMILES string of the molecule is CCCN1C(=O)c2ccccc2NC1c1ccc(OC)c(OC(F)F)c1. The van der Waals surface area contributed by atoms with E-state index in [0.29, 0.717) is 23.4 Å². The zero-order valence-corrected chi connectivity index (χ0v) is 14.5. The number of methoxy groups -OCH3 is 1. The molecule has 0 saturated heterocycles. The maximum absolute atomic E-state index is 12.9. The first-order chi connectivity index (χ1) is 12.5. The van der Waals surface area contributed by atoms with Crippen molar-refractivity contribution < 1.29 is 23.0 Å². The lowest BCUT2D eigenvalue weighted by molar-refractivity contribution is -0.0513. The molecule has 0 aromatic heterocycles. The second-order valence-electron chi connectivity index (χ2n) is 5.88. The normalized spacial score (nSPS) is 16.3. The fourth-order valence-electron chi connectivity index (χ4n) is 3.08. The Morgan fingerprint density at radius 1 is 1.19 bits per heavy atom. The topological polar surface area (TPSA) is 50.8 Å². The van der Waals surface area contributed by atoms with Crippen LogP contribution in [-0.2, 0) is 0 Å². The highest BCUT2D eigenvalue weighted by atomic mass is 19.3. The van der Waals surface area contributed by atoms with Gasteiger partial charge in [0, 0.05) is 12.2 Å². The van der Waals surface area contributed by atoms with E-state index in [1.54, 1.807) is 23.1 Å². The second-order valence-corrected chi connectivity index (χ2v) is 5.88. The molecule has 26 heavy (non-hydrogen) atoms. The van der Waals surface area contributed by atoms with Crippen molar-refractivity contribution in [3.63, 3.8) is 0 Å². The van der Waals surface area contributed by atoms with Gasteiger partial charge in [0.25, 0.3) is 5.91 Å². The average molecular weight is 362 g/mol. The van der Waals surface area contributed by atoms with E-state index in [4.69, 9.17) is 4.74 Å². The molecule has 0 saturated carbocycles. The number of para-hydroxylation sites is 1. The Kier molecular flexibility index (Phi) is 5.25. The summed E-state index contributed by atoms with van der Waals surface area (Å²) < 4.78 is 35.1. The maximum Gasteiger partial charge on any atom is 0.387 e. The van der Waals surface area contributed by atoms with Crippen molar-refractivity contribution in [1.82, 2.24) is 4.90 Å². The third-order valence-corrected chi connectivity index (χ3v) is 4.21. The van der Waals surface area contributed by atoms with Crippen LogP contribution in [0.15, 0.2) is 42.5 Å². The van der Waals surface area contributed by atoms with Crippen molar-refractivity contribution in [2.24, 2.45) is 0 Å². The smallest absolute Gasteiger partial charge is 0.387 e. The van der Waals surface area contributed by atoms with Gasteiger partial charge in [-0.3, -0.25) is 4.79 Å². The molecule has 0 aliphatic carbocycles. The van der Waals surface area contributed by atoms with Crippen molar-refractivity contribution >= 4 is 11.6 Å². The van der Waals surface area contributed by atoms with Crippen molar-refractivity contribution in [3.05, 3.63) is 53.6 Å². The number of nitrogens with one attached hydrogen (secondary N) is 1. The first-order valence-electron chi connectivity index (χ1n) is 8.34. The first-order valence-corrected chi connectivity index (χ1v) is 8.34. The van der Waals surface area contributed by atoms with Gasteiger partial charge in [0.1, 0.15) is 6.17 Å². The molecule has 1 amide bonds. The molecule has 1 aliphatic rings. The highest BCUT2D eigenvalue weighted by Gasteiger charge is 2.32. The molecule has 1 N–H and O–H groups in total. The molecule has 138 valence electrons. The van der Waals surface area contributed by atoms with Crippen LogP contribution in [0, 0.1) is 0 Å². The Morgan fingerprint density at radius 2 is 1.96 bits per heavy atom. The predicted molar refractivity (Wildman–Crippen MR) is 93.8 cm³/mol. The minimum Gasteiger partial charge on any atom is -0.493 e. The van der Waals surface area contributed by atoms with Crippen LogP contribution in [0.5, 0.6) is 11.5 Å². The van der Waals surface area contributed by atoms with E-state index in [2.05, 4.69) is 10.1 Å². The summed E-state index contributed by atoms with van der Waals surface area (Å²) in [5.74, 6) is 0.0431. The van der Waals surface area contributed by atoms with Gasteiger partial charge in [-0.2, -0.15) is 8.78 Å². The summed E-state index contributed by atoms with van der Waals surface area (Å²) >= 11 is 0. The molecule has 0 bridgehead atoms. The molecular formula is C19H20F2N2O3. The zero-order valence-electron chi connectivity index (χ0n) is 14.5. The van der Waals surface area contributed by atoms with Gasteiger partial charge in [0.05, 0.1) is 12.7 Å². The number of carbonyl (C=O) groups excluding carboxylic acids is 1. The minimum atomic E-state index is -2.97. The number of alkyl halides is 2. The van der Waals surface area contributed by atoms with Gasteiger partial charge in [-0.1, -0.05) is 25.1 Å². The minimum absolute atomic E-state index is 0.0652. The Hall–Kier alpha value is -2.83. The van der Waals surface area contributed by atoms with Crippen LogP contribution in [0.25, 0.3) is 0 Å². The summed E-state index contributed by atoms with van der Waals surface area (Å²) in [6.45, 7) is -0.459. The van der Waals surface area contributed by atoms with Crippen LogP contribution in [0.3, 0.4) is 0 Å². The number of hydrogen-bond donors (Lipinski definition) is 1. The molecule has 2 aromatic rings. The van der Waals surface area contributed by atoms with Gasteiger partial charge in [0.15, 0.2) is 11.5 Å². The molecular weight excluding hydrogens is 342 g/mol. The predicted octanol–water partition coefficient (Wildman–Crippen LogP) is 4.27. The Labute approximate surface area is 150 Å². The Balaban J connectivity index is 2.02. The first kappa shape index (κ1) is 18.0. The third-order valence-electron chi connectivity index (χ3n) is 4.21. The molecule has 1 atom stereocenters. The molecule has 0 spiro atoms. The molecule has 0 radical (unpaired) electrons. The van der Waals surface area contributed by atoms with Crippen LogP contribution >= 0.6 is 0 Å². The molecule has 1 heterocycles. The molecule has 3 rings (SSSR count). The third kappa shape index (κ3) is 3.42. The number of amides is 1. The van der Waals surface area contributed by atoms with E-state index >= 15 is 0 Å². The summed E-state index contributed by atoms with van der Waals surface area (Å²) in [6, 6.07) is 12.0. The standard InChI is InChI=1S/C19H20F2N2O3/c1-3-10-23-17(22-14-7-5-4-6-13(14)18(23)24)12-8-9-15(25-2)16(11-12)26-19(20)21/h4-9,11,17,19,22H,3,10H2,1-2H3. The summed E-state index contributed by atoms with van der Waals surface area (Å²) in [5.41, 5.74) is 1.94. The monoisotopic (exact) mass is 362 g/mol. The number of halogens is 2. The van der Waals surface area contributed by atoms with Gasteiger partial charge in [0.2, 0.25) is 0 Å². The molecule has 1 unspecified atom stereocenters. The number of nitrogens with zero attached hydrogens (tertiary/aromatic N) is 1. The fourth-order valence-corrected chi connectivity index (χ4v) is 3.08. The lowest BCUT2D eigenvalue weighted by atomic mass is 10.0. The van der Waals surface area contributed by atoms with Crippen LogP contribution < -0.4 is 14.8 Å². The molecule has 7 heteroatoms. The number of benzene rings is 2. The Bertz CT molecular complexity index is 798. The van der Waals surface area contributed by atoms with Crippen molar-refractivity contribution in [2.75, 3.05) is 19.0 Å². The van der Waals surface area contributed by atoms with Crippen molar-refractivity contribution in [1.29, 1.82) is 0 Å². The second kappa shape index (κ2) is 7.59.